The Balaban J connectivity index is 3.06. The smallest absolute Gasteiger partial charge is 0.252 e. The lowest BCUT2D eigenvalue weighted by molar-refractivity contribution is 0.100. The van der Waals surface area contributed by atoms with Gasteiger partial charge in [0.25, 0.3) is 5.91 Å². The standard InChI is InChI=1S/C10H14ClN3O/c1-6(5-12)14-8-4-2-3-7(11)9(8)10(13)15/h2-4,6,14H,5,12H2,1H3,(H2,13,15). The van der Waals surface area contributed by atoms with Crippen LogP contribution in [0.1, 0.15) is 17.3 Å². The zero-order valence-electron chi connectivity index (χ0n) is 8.46. The molecule has 1 rings (SSSR count). The van der Waals surface area contributed by atoms with Crippen molar-refractivity contribution in [3.63, 3.8) is 0 Å². The highest BCUT2D eigenvalue weighted by atomic mass is 35.5. The maximum atomic E-state index is 11.2. The van der Waals surface area contributed by atoms with Crippen molar-refractivity contribution in [3.05, 3.63) is 28.8 Å². The molecule has 5 heteroatoms. The van der Waals surface area contributed by atoms with Gasteiger partial charge in [0.2, 0.25) is 0 Å². The van der Waals surface area contributed by atoms with Crippen LogP contribution in [-0.4, -0.2) is 18.5 Å². The van der Waals surface area contributed by atoms with Gasteiger partial charge in [0.05, 0.1) is 10.6 Å². The first-order valence-corrected chi connectivity index (χ1v) is 4.99. The Morgan fingerprint density at radius 2 is 2.27 bits per heavy atom. The molecule has 4 nitrogen and oxygen atoms in total. The topological polar surface area (TPSA) is 81.1 Å². The van der Waals surface area contributed by atoms with E-state index in [0.29, 0.717) is 22.8 Å². The largest absolute Gasteiger partial charge is 0.381 e. The summed E-state index contributed by atoms with van der Waals surface area (Å²) in [5.74, 6) is -0.549. The van der Waals surface area contributed by atoms with E-state index < -0.39 is 5.91 Å². The lowest BCUT2D eigenvalue weighted by atomic mass is 10.1. The molecule has 0 radical (unpaired) electrons. The van der Waals surface area contributed by atoms with Crippen molar-refractivity contribution in [1.82, 2.24) is 0 Å². The summed E-state index contributed by atoms with van der Waals surface area (Å²) in [5, 5.41) is 3.42. The van der Waals surface area contributed by atoms with Crippen LogP contribution in [0.5, 0.6) is 0 Å². The van der Waals surface area contributed by atoms with E-state index in [1.807, 2.05) is 6.92 Å². The molecule has 15 heavy (non-hydrogen) atoms. The molecule has 0 spiro atoms. The van der Waals surface area contributed by atoms with E-state index in [1.54, 1.807) is 18.2 Å². The molecule has 0 heterocycles. The van der Waals surface area contributed by atoms with Crippen LogP contribution in [0.2, 0.25) is 5.02 Å². The molecule has 1 amide bonds. The van der Waals surface area contributed by atoms with E-state index in [1.165, 1.54) is 0 Å². The van der Waals surface area contributed by atoms with Gasteiger partial charge in [-0.05, 0) is 19.1 Å². The third-order valence-electron chi connectivity index (χ3n) is 2.02. The molecule has 0 bridgehead atoms. The molecule has 0 saturated carbocycles. The van der Waals surface area contributed by atoms with Crippen molar-refractivity contribution in [2.45, 2.75) is 13.0 Å². The minimum atomic E-state index is -0.549. The molecule has 0 fully saturated rings. The first-order chi connectivity index (χ1) is 7.06. The third kappa shape index (κ3) is 2.84. The van der Waals surface area contributed by atoms with Crippen molar-refractivity contribution in [3.8, 4) is 0 Å². The van der Waals surface area contributed by atoms with E-state index in [2.05, 4.69) is 5.32 Å². The number of benzene rings is 1. The van der Waals surface area contributed by atoms with Gasteiger partial charge < -0.3 is 16.8 Å². The van der Waals surface area contributed by atoms with Crippen molar-refractivity contribution in [2.24, 2.45) is 11.5 Å². The van der Waals surface area contributed by atoms with Crippen LogP contribution in [0.15, 0.2) is 18.2 Å². The molecule has 0 aliphatic rings. The van der Waals surface area contributed by atoms with Crippen LogP contribution in [0.4, 0.5) is 5.69 Å². The van der Waals surface area contributed by atoms with Crippen LogP contribution in [0.25, 0.3) is 0 Å². The second-order valence-corrected chi connectivity index (χ2v) is 3.71. The Morgan fingerprint density at radius 1 is 1.60 bits per heavy atom. The summed E-state index contributed by atoms with van der Waals surface area (Å²) in [7, 11) is 0. The number of hydrogen-bond acceptors (Lipinski definition) is 3. The molecule has 1 atom stereocenters. The predicted molar refractivity (Wildman–Crippen MR) is 62.1 cm³/mol. The molecule has 82 valence electrons. The molecule has 0 aliphatic carbocycles. The van der Waals surface area contributed by atoms with Crippen LogP contribution >= 0.6 is 11.6 Å². The van der Waals surface area contributed by atoms with Gasteiger partial charge in [-0.15, -0.1) is 0 Å². The summed E-state index contributed by atoms with van der Waals surface area (Å²) in [6.07, 6.45) is 0. The summed E-state index contributed by atoms with van der Waals surface area (Å²) >= 11 is 5.88. The van der Waals surface area contributed by atoms with Crippen LogP contribution in [0.3, 0.4) is 0 Å². The monoisotopic (exact) mass is 227 g/mol. The summed E-state index contributed by atoms with van der Waals surface area (Å²) in [5.41, 5.74) is 11.6. The number of anilines is 1. The number of rotatable bonds is 4. The van der Waals surface area contributed by atoms with Gasteiger partial charge >= 0.3 is 0 Å². The van der Waals surface area contributed by atoms with Gasteiger partial charge in [-0.2, -0.15) is 0 Å². The van der Waals surface area contributed by atoms with Crippen LogP contribution in [0, 0.1) is 0 Å². The zero-order valence-corrected chi connectivity index (χ0v) is 9.21. The van der Waals surface area contributed by atoms with E-state index in [0.717, 1.165) is 0 Å². The van der Waals surface area contributed by atoms with Crippen LogP contribution in [-0.2, 0) is 0 Å². The molecule has 0 saturated heterocycles. The first kappa shape index (κ1) is 11.8. The summed E-state index contributed by atoms with van der Waals surface area (Å²) in [6.45, 7) is 2.37. The van der Waals surface area contributed by atoms with Crippen molar-refractivity contribution < 1.29 is 4.79 Å². The van der Waals surface area contributed by atoms with E-state index in [9.17, 15) is 4.79 Å². The summed E-state index contributed by atoms with van der Waals surface area (Å²) in [4.78, 5) is 11.2. The Bertz CT molecular complexity index is 368. The van der Waals surface area contributed by atoms with Crippen molar-refractivity contribution >= 4 is 23.2 Å². The number of nitrogens with one attached hydrogen (secondary N) is 1. The lowest BCUT2D eigenvalue weighted by Gasteiger charge is -2.15. The number of halogens is 1. The maximum Gasteiger partial charge on any atom is 0.252 e. The molecule has 5 N–H and O–H groups in total. The molecule has 0 aromatic heterocycles. The average molecular weight is 228 g/mol. The van der Waals surface area contributed by atoms with E-state index in [4.69, 9.17) is 23.1 Å². The predicted octanol–water partition coefficient (Wildman–Crippen LogP) is 1.20. The fourth-order valence-electron chi connectivity index (χ4n) is 1.22. The van der Waals surface area contributed by atoms with E-state index >= 15 is 0 Å². The maximum absolute atomic E-state index is 11.2. The average Bonchev–Trinajstić information content (AvgIpc) is 2.17. The molecular weight excluding hydrogens is 214 g/mol. The van der Waals surface area contributed by atoms with Gasteiger partial charge in [-0.1, -0.05) is 17.7 Å². The molecule has 1 aromatic rings. The molecular formula is C10H14ClN3O. The second kappa shape index (κ2) is 5.00. The minimum Gasteiger partial charge on any atom is -0.381 e. The SMILES string of the molecule is CC(CN)Nc1cccc(Cl)c1C(N)=O. The van der Waals surface area contributed by atoms with Gasteiger partial charge in [-0.3, -0.25) is 4.79 Å². The molecule has 1 unspecified atom stereocenters. The normalized spacial score (nSPS) is 12.2. The summed E-state index contributed by atoms with van der Waals surface area (Å²) < 4.78 is 0. The highest BCUT2D eigenvalue weighted by Gasteiger charge is 2.13. The quantitative estimate of drug-likeness (QED) is 0.723. The highest BCUT2D eigenvalue weighted by Crippen LogP contribution is 2.24. The van der Waals surface area contributed by atoms with Crippen molar-refractivity contribution in [2.75, 3.05) is 11.9 Å². The number of carbonyl (C=O) groups excluding carboxylic acids is 1. The van der Waals surface area contributed by atoms with Crippen LogP contribution < -0.4 is 16.8 Å². The Hall–Kier alpha value is -1.26. The highest BCUT2D eigenvalue weighted by molar-refractivity contribution is 6.34. The number of hydrogen-bond donors (Lipinski definition) is 3. The number of nitrogens with two attached hydrogens (primary N) is 2. The molecule has 0 aliphatic heterocycles. The fraction of sp³-hybridized carbons (Fsp3) is 0.300. The zero-order chi connectivity index (χ0) is 11.4. The lowest BCUT2D eigenvalue weighted by Crippen LogP contribution is -2.27. The van der Waals surface area contributed by atoms with Gasteiger partial charge in [0, 0.05) is 18.3 Å². The number of amides is 1. The van der Waals surface area contributed by atoms with Crippen molar-refractivity contribution in [1.29, 1.82) is 0 Å². The minimum absolute atomic E-state index is 0.0570. The first-order valence-electron chi connectivity index (χ1n) is 4.61. The molecule has 1 aromatic carbocycles. The van der Waals surface area contributed by atoms with Gasteiger partial charge in [-0.25, -0.2) is 0 Å². The summed E-state index contributed by atoms with van der Waals surface area (Å²) in [6, 6.07) is 5.18. The Labute approximate surface area is 93.6 Å². The Kier molecular flexibility index (Phi) is 3.94. The van der Waals surface area contributed by atoms with Gasteiger partial charge in [0.15, 0.2) is 0 Å². The second-order valence-electron chi connectivity index (χ2n) is 3.31. The van der Waals surface area contributed by atoms with Gasteiger partial charge in [0.1, 0.15) is 0 Å². The van der Waals surface area contributed by atoms with E-state index in [-0.39, 0.29) is 6.04 Å². The third-order valence-corrected chi connectivity index (χ3v) is 2.33. The Morgan fingerprint density at radius 3 is 2.80 bits per heavy atom. The number of carbonyl (C=O) groups is 1. The number of primary amides is 1. The fourth-order valence-corrected chi connectivity index (χ4v) is 1.49.